The molecule has 92 valence electrons. The van der Waals surface area contributed by atoms with Crippen LogP contribution in [-0.4, -0.2) is 35.1 Å². The van der Waals surface area contributed by atoms with Gasteiger partial charge in [0.25, 0.3) is 0 Å². The van der Waals surface area contributed by atoms with E-state index in [1.807, 2.05) is 0 Å². The van der Waals surface area contributed by atoms with Crippen molar-refractivity contribution in [2.75, 3.05) is 20.6 Å². The van der Waals surface area contributed by atoms with Gasteiger partial charge in [-0.3, -0.25) is 0 Å². The van der Waals surface area contributed by atoms with Crippen LogP contribution in [-0.2, 0) is 6.54 Å². The quantitative estimate of drug-likeness (QED) is 0.806. The smallest absolute Gasteiger partial charge is 0.112 e. The molecule has 17 heavy (non-hydrogen) atoms. The molecule has 3 heteroatoms. The fourth-order valence-corrected chi connectivity index (χ4v) is 2.07. The number of fused-ring (bicyclic) bond motifs is 1. The third-order valence-electron chi connectivity index (χ3n) is 2.97. The summed E-state index contributed by atoms with van der Waals surface area (Å²) in [4.78, 5) is 6.94. The highest BCUT2D eigenvalue weighted by molar-refractivity contribution is 5.76. The van der Waals surface area contributed by atoms with E-state index in [1.165, 1.54) is 11.3 Å². The molecule has 0 aliphatic heterocycles. The fourth-order valence-electron chi connectivity index (χ4n) is 2.07. The second-order valence-electron chi connectivity index (χ2n) is 5.07. The van der Waals surface area contributed by atoms with Gasteiger partial charge >= 0.3 is 0 Å². The van der Waals surface area contributed by atoms with Gasteiger partial charge in [0.05, 0.1) is 11.0 Å². The number of likely N-dealkylation sites (N-methyl/N-ethyl adjacent to an activating group) is 1. The minimum absolute atomic E-state index is 0.463. The number of nitrogens with zero attached hydrogens (tertiary/aromatic N) is 3. The topological polar surface area (TPSA) is 21.1 Å². The third kappa shape index (κ3) is 2.50. The van der Waals surface area contributed by atoms with Crippen LogP contribution >= 0.6 is 0 Å². The van der Waals surface area contributed by atoms with Crippen LogP contribution in [0.5, 0.6) is 0 Å². The van der Waals surface area contributed by atoms with Gasteiger partial charge < -0.3 is 9.47 Å². The number of para-hydroxylation sites is 2. The molecule has 0 saturated carbocycles. The van der Waals surface area contributed by atoms with Crippen molar-refractivity contribution in [1.82, 2.24) is 14.5 Å². The Kier molecular flexibility index (Phi) is 3.48. The van der Waals surface area contributed by atoms with Crippen molar-refractivity contribution in [3.8, 4) is 0 Å². The van der Waals surface area contributed by atoms with Gasteiger partial charge in [-0.2, -0.15) is 0 Å². The van der Waals surface area contributed by atoms with Gasteiger partial charge in [0, 0.05) is 19.0 Å². The first-order valence-electron chi connectivity index (χ1n) is 6.19. The largest absolute Gasteiger partial charge is 0.326 e. The maximum absolute atomic E-state index is 4.73. The first kappa shape index (κ1) is 12.1. The Hall–Kier alpha value is -1.35. The molecule has 0 aliphatic rings. The van der Waals surface area contributed by atoms with Gasteiger partial charge in [0.15, 0.2) is 0 Å². The molecule has 0 saturated heterocycles. The van der Waals surface area contributed by atoms with Crippen molar-refractivity contribution in [3.63, 3.8) is 0 Å². The normalized spacial score (nSPS) is 11.9. The van der Waals surface area contributed by atoms with E-state index in [2.05, 4.69) is 61.7 Å². The number of hydrogen-bond donors (Lipinski definition) is 0. The van der Waals surface area contributed by atoms with Crippen LogP contribution in [0, 0.1) is 0 Å². The predicted octanol–water partition coefficient (Wildman–Crippen LogP) is 2.72. The summed E-state index contributed by atoms with van der Waals surface area (Å²) in [5.41, 5.74) is 2.35. The average Bonchev–Trinajstić information content (AvgIpc) is 2.65. The van der Waals surface area contributed by atoms with Crippen molar-refractivity contribution in [3.05, 3.63) is 30.1 Å². The molecule has 0 unspecified atom stereocenters. The molecule has 0 bridgehead atoms. The highest BCUT2D eigenvalue weighted by Crippen LogP contribution is 2.21. The SMILES string of the molecule is CC(C)c1nc2ccccc2n1CCN(C)C. The Morgan fingerprint density at radius 2 is 1.94 bits per heavy atom. The lowest BCUT2D eigenvalue weighted by molar-refractivity contribution is 0.382. The predicted molar refractivity (Wildman–Crippen MR) is 72.4 cm³/mol. The Labute approximate surface area is 103 Å². The molecular formula is C14H21N3. The van der Waals surface area contributed by atoms with E-state index in [-0.39, 0.29) is 0 Å². The van der Waals surface area contributed by atoms with Crippen LogP contribution in [0.1, 0.15) is 25.6 Å². The zero-order valence-electron chi connectivity index (χ0n) is 11.1. The molecule has 1 heterocycles. The first-order chi connectivity index (χ1) is 8.09. The summed E-state index contributed by atoms with van der Waals surface area (Å²) in [6.07, 6.45) is 0. The second-order valence-corrected chi connectivity index (χ2v) is 5.07. The molecule has 1 aromatic heterocycles. The van der Waals surface area contributed by atoms with Gasteiger partial charge in [0.2, 0.25) is 0 Å². The monoisotopic (exact) mass is 231 g/mol. The lowest BCUT2D eigenvalue weighted by Crippen LogP contribution is -2.19. The number of aromatic nitrogens is 2. The van der Waals surface area contributed by atoms with Crippen LogP contribution in [0.3, 0.4) is 0 Å². The molecule has 2 rings (SSSR count). The van der Waals surface area contributed by atoms with Crippen LogP contribution in [0.25, 0.3) is 11.0 Å². The minimum atomic E-state index is 0.463. The summed E-state index contributed by atoms with van der Waals surface area (Å²) in [6.45, 7) is 6.45. The molecule has 2 aromatic rings. The third-order valence-corrected chi connectivity index (χ3v) is 2.97. The van der Waals surface area contributed by atoms with Gasteiger partial charge in [-0.1, -0.05) is 26.0 Å². The van der Waals surface area contributed by atoms with Crippen LogP contribution < -0.4 is 0 Å². The van der Waals surface area contributed by atoms with E-state index >= 15 is 0 Å². The van der Waals surface area contributed by atoms with Crippen LogP contribution in [0.4, 0.5) is 0 Å². The van der Waals surface area contributed by atoms with E-state index in [4.69, 9.17) is 4.98 Å². The summed E-state index contributed by atoms with van der Waals surface area (Å²) >= 11 is 0. The maximum atomic E-state index is 4.73. The average molecular weight is 231 g/mol. The molecule has 0 fully saturated rings. The van der Waals surface area contributed by atoms with Gasteiger partial charge in [-0.25, -0.2) is 4.98 Å². The van der Waals surface area contributed by atoms with Crippen LogP contribution in [0.15, 0.2) is 24.3 Å². The number of hydrogen-bond acceptors (Lipinski definition) is 2. The molecule has 0 radical (unpaired) electrons. The lowest BCUT2D eigenvalue weighted by Gasteiger charge is -2.14. The van der Waals surface area contributed by atoms with Crippen molar-refractivity contribution in [1.29, 1.82) is 0 Å². The molecule has 0 N–H and O–H groups in total. The van der Waals surface area contributed by atoms with Gasteiger partial charge in [0.1, 0.15) is 5.82 Å². The molecule has 0 spiro atoms. The highest BCUT2D eigenvalue weighted by atomic mass is 15.1. The van der Waals surface area contributed by atoms with Crippen molar-refractivity contribution in [2.24, 2.45) is 0 Å². The van der Waals surface area contributed by atoms with Gasteiger partial charge in [-0.05, 0) is 26.2 Å². The van der Waals surface area contributed by atoms with Crippen molar-refractivity contribution < 1.29 is 0 Å². The Bertz CT molecular complexity index is 497. The number of benzene rings is 1. The summed E-state index contributed by atoms with van der Waals surface area (Å²) in [5.74, 6) is 1.65. The van der Waals surface area contributed by atoms with Crippen molar-refractivity contribution in [2.45, 2.75) is 26.3 Å². The summed E-state index contributed by atoms with van der Waals surface area (Å²) < 4.78 is 2.35. The summed E-state index contributed by atoms with van der Waals surface area (Å²) in [5, 5.41) is 0. The Morgan fingerprint density at radius 3 is 2.59 bits per heavy atom. The van der Waals surface area contributed by atoms with E-state index in [0.29, 0.717) is 5.92 Å². The molecule has 0 amide bonds. The molecular weight excluding hydrogens is 210 g/mol. The summed E-state index contributed by atoms with van der Waals surface area (Å²) in [7, 11) is 4.21. The van der Waals surface area contributed by atoms with Gasteiger partial charge in [-0.15, -0.1) is 0 Å². The van der Waals surface area contributed by atoms with Crippen LogP contribution in [0.2, 0.25) is 0 Å². The highest BCUT2D eigenvalue weighted by Gasteiger charge is 2.12. The van der Waals surface area contributed by atoms with E-state index in [0.717, 1.165) is 18.6 Å². The van der Waals surface area contributed by atoms with E-state index < -0.39 is 0 Å². The Morgan fingerprint density at radius 1 is 1.24 bits per heavy atom. The van der Waals surface area contributed by atoms with E-state index in [9.17, 15) is 0 Å². The molecule has 3 nitrogen and oxygen atoms in total. The first-order valence-corrected chi connectivity index (χ1v) is 6.19. The molecule has 0 aliphatic carbocycles. The second kappa shape index (κ2) is 4.88. The number of rotatable bonds is 4. The summed E-state index contributed by atoms with van der Waals surface area (Å²) in [6, 6.07) is 8.38. The lowest BCUT2D eigenvalue weighted by atomic mass is 10.2. The van der Waals surface area contributed by atoms with Crippen molar-refractivity contribution >= 4 is 11.0 Å². The van der Waals surface area contributed by atoms with E-state index in [1.54, 1.807) is 0 Å². The standard InChI is InChI=1S/C14H21N3/c1-11(2)14-15-12-7-5-6-8-13(12)17(14)10-9-16(3)4/h5-8,11H,9-10H2,1-4H3. The maximum Gasteiger partial charge on any atom is 0.112 e. The minimum Gasteiger partial charge on any atom is -0.326 e. The Balaban J connectivity index is 2.44. The number of imidazole rings is 1. The fraction of sp³-hybridized carbons (Fsp3) is 0.500. The zero-order chi connectivity index (χ0) is 12.4. The molecule has 1 aromatic carbocycles. The zero-order valence-corrected chi connectivity index (χ0v) is 11.1. The molecule has 0 atom stereocenters.